The van der Waals surface area contributed by atoms with Crippen LogP contribution in [0.15, 0.2) is 82.8 Å². The molecule has 210 valence electrons. The summed E-state index contributed by atoms with van der Waals surface area (Å²) in [5.74, 6) is 0.382. The summed E-state index contributed by atoms with van der Waals surface area (Å²) in [6.45, 7) is 4.21. The highest BCUT2D eigenvalue weighted by Crippen LogP contribution is 2.36. The van der Waals surface area contributed by atoms with Crippen molar-refractivity contribution in [3.8, 4) is 5.75 Å². The molecule has 0 radical (unpaired) electrons. The molecule has 0 saturated carbocycles. The van der Waals surface area contributed by atoms with Gasteiger partial charge in [-0.05, 0) is 60.9 Å². The summed E-state index contributed by atoms with van der Waals surface area (Å²) in [5, 5.41) is 5.72. The lowest BCUT2D eigenvalue weighted by molar-refractivity contribution is -0.128. The van der Waals surface area contributed by atoms with Crippen molar-refractivity contribution >= 4 is 51.9 Å². The molecule has 2 aliphatic heterocycles. The minimum atomic E-state index is -0.890. The molecule has 3 aromatic carbocycles. The highest BCUT2D eigenvalue weighted by Gasteiger charge is 2.43. The fourth-order valence-electron chi connectivity index (χ4n) is 4.60. The molecule has 0 aliphatic carbocycles. The Kier molecular flexibility index (Phi) is 8.49. The van der Waals surface area contributed by atoms with Gasteiger partial charge in [-0.25, -0.2) is 9.89 Å². The third kappa shape index (κ3) is 6.33. The smallest absolute Gasteiger partial charge is 0.259 e. The Bertz CT molecular complexity index is 1540. The highest BCUT2D eigenvalue weighted by atomic mass is 32.2. The largest absolute Gasteiger partial charge is 0.497 e. The van der Waals surface area contributed by atoms with Gasteiger partial charge in [-0.2, -0.15) is 0 Å². The number of hydrogen-bond acceptors (Lipinski definition) is 7. The topological polar surface area (TPSA) is 112 Å². The van der Waals surface area contributed by atoms with Crippen LogP contribution in [0.5, 0.6) is 5.75 Å². The van der Waals surface area contributed by atoms with Crippen LogP contribution >= 0.6 is 11.8 Å². The van der Waals surface area contributed by atoms with E-state index >= 15 is 0 Å². The Hall–Kier alpha value is -4.44. The Balaban J connectivity index is 1.31. The first kappa shape index (κ1) is 28.1. The lowest BCUT2D eigenvalue weighted by Crippen LogP contribution is -2.43. The number of carbonyl (C=O) groups excluding carboxylic acids is 3. The number of methoxy groups -OCH3 is 1. The number of anilines is 1. The molecule has 10 heteroatoms. The number of rotatable bonds is 9. The van der Waals surface area contributed by atoms with E-state index in [2.05, 4.69) is 15.6 Å². The Morgan fingerprint density at radius 2 is 1.85 bits per heavy atom. The monoisotopic (exact) mass is 569 g/mol. The molecule has 9 nitrogen and oxygen atoms in total. The van der Waals surface area contributed by atoms with E-state index in [1.54, 1.807) is 7.11 Å². The van der Waals surface area contributed by atoms with E-state index in [0.29, 0.717) is 40.9 Å². The molecule has 2 unspecified atom stereocenters. The molecule has 0 aromatic heterocycles. The molecule has 2 atom stereocenters. The van der Waals surface area contributed by atoms with Crippen molar-refractivity contribution < 1.29 is 19.1 Å². The van der Waals surface area contributed by atoms with E-state index in [4.69, 9.17) is 9.73 Å². The first-order valence-electron chi connectivity index (χ1n) is 13.4. The molecule has 41 heavy (non-hydrogen) atoms. The first-order chi connectivity index (χ1) is 19.9. The molecule has 3 aromatic rings. The normalized spacial score (nSPS) is 16.2. The van der Waals surface area contributed by atoms with Gasteiger partial charge in [0.25, 0.3) is 5.91 Å². The maximum absolute atomic E-state index is 13.6. The molecule has 0 fully saturated rings. The molecule has 3 amide bonds. The number of carbonyl (C=O) groups is 3. The molecule has 5 rings (SSSR count). The number of nitrogens with one attached hydrogen (secondary N) is 2. The van der Waals surface area contributed by atoms with Gasteiger partial charge in [-0.3, -0.25) is 19.4 Å². The number of benzene rings is 3. The van der Waals surface area contributed by atoms with Gasteiger partial charge in [-0.1, -0.05) is 55.1 Å². The number of hydrogen-bond donors (Lipinski definition) is 2. The Morgan fingerprint density at radius 3 is 2.59 bits per heavy atom. The summed E-state index contributed by atoms with van der Waals surface area (Å²) >= 11 is 1.22. The quantitative estimate of drug-likeness (QED) is 0.384. The maximum atomic E-state index is 13.6. The minimum Gasteiger partial charge on any atom is -0.497 e. The maximum Gasteiger partial charge on any atom is 0.259 e. The molecule has 0 spiro atoms. The van der Waals surface area contributed by atoms with Crippen LogP contribution in [-0.2, 0) is 20.9 Å². The molecule has 2 N–H and O–H groups in total. The zero-order chi connectivity index (χ0) is 28.9. The van der Waals surface area contributed by atoms with Gasteiger partial charge in [-0.15, -0.1) is 0 Å². The van der Waals surface area contributed by atoms with Crippen LogP contribution < -0.4 is 15.4 Å². The fourth-order valence-corrected chi connectivity index (χ4v) is 5.62. The van der Waals surface area contributed by atoms with E-state index in [9.17, 15) is 14.4 Å². The third-order valence-electron chi connectivity index (χ3n) is 6.77. The average molecular weight is 570 g/mol. The van der Waals surface area contributed by atoms with Gasteiger partial charge in [0, 0.05) is 17.8 Å². The van der Waals surface area contributed by atoms with Crippen LogP contribution in [0.4, 0.5) is 11.4 Å². The highest BCUT2D eigenvalue weighted by molar-refractivity contribution is 8.15. The first-order valence-corrected chi connectivity index (χ1v) is 14.3. The zero-order valence-corrected chi connectivity index (χ0v) is 23.9. The van der Waals surface area contributed by atoms with Crippen molar-refractivity contribution in [1.29, 1.82) is 0 Å². The summed E-state index contributed by atoms with van der Waals surface area (Å²) in [6.07, 6.45) is 0.425. The molecular formula is C31H31N5O4S. The van der Waals surface area contributed by atoms with Gasteiger partial charge < -0.3 is 15.4 Å². The molecule has 0 bridgehead atoms. The van der Waals surface area contributed by atoms with Crippen LogP contribution in [0.3, 0.4) is 0 Å². The molecule has 2 heterocycles. The number of amides is 3. The summed E-state index contributed by atoms with van der Waals surface area (Å²) in [6, 6.07) is 21.5. The van der Waals surface area contributed by atoms with Crippen molar-refractivity contribution in [2.45, 2.75) is 44.5 Å². The van der Waals surface area contributed by atoms with Crippen LogP contribution in [0, 0.1) is 6.92 Å². The van der Waals surface area contributed by atoms with Crippen LogP contribution in [-0.4, -0.2) is 52.0 Å². The summed E-state index contributed by atoms with van der Waals surface area (Å²) in [4.78, 5) is 50.5. The predicted octanol–water partition coefficient (Wildman–Crippen LogP) is 4.82. The van der Waals surface area contributed by atoms with Crippen molar-refractivity contribution in [2.75, 3.05) is 12.4 Å². The number of amidine groups is 2. The summed E-state index contributed by atoms with van der Waals surface area (Å²) in [7, 11) is 1.60. The summed E-state index contributed by atoms with van der Waals surface area (Å²) in [5.41, 5.74) is 4.04. The second-order valence-corrected chi connectivity index (χ2v) is 10.9. The van der Waals surface area contributed by atoms with E-state index in [1.807, 2.05) is 86.6 Å². The number of aryl methyl sites for hydroxylation is 1. The van der Waals surface area contributed by atoms with Gasteiger partial charge in [0.2, 0.25) is 11.8 Å². The van der Waals surface area contributed by atoms with Gasteiger partial charge in [0.15, 0.2) is 5.17 Å². The number of fused-ring (bicyclic) bond motifs is 3. The van der Waals surface area contributed by atoms with E-state index in [1.165, 1.54) is 16.7 Å². The Morgan fingerprint density at radius 1 is 1.07 bits per heavy atom. The van der Waals surface area contributed by atoms with Gasteiger partial charge >= 0.3 is 0 Å². The molecule has 2 aliphatic rings. The average Bonchev–Trinajstić information content (AvgIpc) is 3.30. The van der Waals surface area contributed by atoms with Gasteiger partial charge in [0.05, 0.1) is 24.5 Å². The number of aliphatic imine (C=N–C) groups is 2. The van der Waals surface area contributed by atoms with E-state index < -0.39 is 11.3 Å². The standard InChI is InChI=1S/C31H31N5O4S/c1-4-26(29(38)33-21-9-7-8-19(2)16-21)41-31-35-24-11-6-5-10-23(24)28-34-25(30(39)36(28)31)17-27(37)32-18-20-12-14-22(40-3)15-13-20/h5-16,25-26H,4,17-18H2,1-3H3,(H,32,37)(H,33,38). The fraction of sp³-hybridized carbons (Fsp3) is 0.258. The molecule has 0 saturated heterocycles. The SMILES string of the molecule is CCC(SC1=Nc2ccccc2C2=NC(CC(=O)NCc3ccc(OC)cc3)C(=O)N12)C(=O)Nc1cccc(C)c1. The second-order valence-electron chi connectivity index (χ2n) is 9.76. The number of nitrogens with zero attached hydrogens (tertiary/aromatic N) is 3. The van der Waals surface area contributed by atoms with E-state index in [-0.39, 0.29) is 24.1 Å². The lowest BCUT2D eigenvalue weighted by Gasteiger charge is -2.27. The Labute approximate surface area is 243 Å². The van der Waals surface area contributed by atoms with E-state index in [0.717, 1.165) is 16.9 Å². The number of ether oxygens (including phenoxy) is 1. The summed E-state index contributed by atoms with van der Waals surface area (Å²) < 4.78 is 5.17. The second kappa shape index (κ2) is 12.4. The van der Waals surface area contributed by atoms with Crippen molar-refractivity contribution in [3.63, 3.8) is 0 Å². The minimum absolute atomic E-state index is 0.0971. The zero-order valence-electron chi connectivity index (χ0n) is 23.1. The molecular weight excluding hydrogens is 538 g/mol. The van der Waals surface area contributed by atoms with Crippen molar-refractivity contribution in [1.82, 2.24) is 10.2 Å². The van der Waals surface area contributed by atoms with Crippen LogP contribution in [0.25, 0.3) is 0 Å². The van der Waals surface area contributed by atoms with Crippen LogP contribution in [0.2, 0.25) is 0 Å². The van der Waals surface area contributed by atoms with Gasteiger partial charge in [0.1, 0.15) is 17.6 Å². The number of thioether (sulfide) groups is 1. The van der Waals surface area contributed by atoms with Crippen molar-refractivity contribution in [2.24, 2.45) is 9.98 Å². The number of para-hydroxylation sites is 1. The van der Waals surface area contributed by atoms with Crippen molar-refractivity contribution in [3.05, 3.63) is 89.5 Å². The van der Waals surface area contributed by atoms with Crippen LogP contribution in [0.1, 0.15) is 36.5 Å². The third-order valence-corrected chi connectivity index (χ3v) is 8.09. The predicted molar refractivity (Wildman–Crippen MR) is 162 cm³/mol. The lowest BCUT2D eigenvalue weighted by atomic mass is 10.1.